The molecular formula is C37H52N12O14. The maximum absolute atomic E-state index is 14.1. The van der Waals surface area contributed by atoms with Gasteiger partial charge in [-0.1, -0.05) is 30.3 Å². The van der Waals surface area contributed by atoms with Crippen LogP contribution in [0.3, 0.4) is 0 Å². The Morgan fingerprint density at radius 3 is 1.71 bits per heavy atom. The van der Waals surface area contributed by atoms with Gasteiger partial charge in [0, 0.05) is 32.0 Å². The van der Waals surface area contributed by atoms with E-state index in [0.29, 0.717) is 5.56 Å². The highest BCUT2D eigenvalue weighted by molar-refractivity contribution is 5.97. The fourth-order valence-corrected chi connectivity index (χ4v) is 5.64. The van der Waals surface area contributed by atoms with Crippen LogP contribution in [0.5, 0.6) is 0 Å². The third-order valence-corrected chi connectivity index (χ3v) is 8.89. The van der Waals surface area contributed by atoms with E-state index in [2.05, 4.69) is 47.2 Å². The maximum Gasteiger partial charge on any atom is 0.326 e. The summed E-state index contributed by atoms with van der Waals surface area (Å²) < 4.78 is 0. The number of aromatic nitrogens is 2. The number of aliphatic carboxylic acids is 4. The molecule has 0 saturated heterocycles. The third-order valence-electron chi connectivity index (χ3n) is 8.89. The van der Waals surface area contributed by atoms with E-state index in [4.69, 9.17) is 27.1 Å². The highest BCUT2D eigenvalue weighted by atomic mass is 16.4. The molecule has 63 heavy (non-hydrogen) atoms. The number of hydrogen-bond donors (Lipinski definition) is 15. The van der Waals surface area contributed by atoms with Gasteiger partial charge in [0.25, 0.3) is 0 Å². The largest absolute Gasteiger partial charge is 0.481 e. The van der Waals surface area contributed by atoms with Crippen molar-refractivity contribution in [3.63, 3.8) is 0 Å². The van der Waals surface area contributed by atoms with E-state index in [1.54, 1.807) is 30.3 Å². The zero-order chi connectivity index (χ0) is 47.2. The molecule has 26 heteroatoms. The van der Waals surface area contributed by atoms with Crippen LogP contribution in [0.25, 0.3) is 0 Å². The van der Waals surface area contributed by atoms with Gasteiger partial charge >= 0.3 is 23.9 Å². The molecule has 26 nitrogen and oxygen atoms in total. The molecule has 0 bridgehead atoms. The lowest BCUT2D eigenvalue weighted by atomic mass is 10.0. The molecule has 1 aromatic carbocycles. The number of guanidine groups is 1. The average molecular weight is 889 g/mol. The minimum atomic E-state index is -1.89. The molecule has 0 unspecified atom stereocenters. The number of nitrogens with zero attached hydrogens (tertiary/aromatic N) is 1. The standard InChI is InChI=1S/C37H52N12O14/c1-18(44-31(57)21(38)14-28(52)53)30(56)45-23(9-10-27(50)51)33(59)47-24(12-19-6-3-2-4-7-19)34(60)46-22(8-5-11-42-37(39)40)32(58)48-25(13-20-16-41-17-43-20)35(61)49-26(36(62)63)15-29(54)55/h2-4,6-7,16-18,21-26H,5,8-15,38H2,1H3,(H,41,43)(H,44,57)(H,45,56)(H,46,60)(H,47,59)(H,48,58)(H,49,61)(H,50,51)(H,52,53)(H,54,55)(H,62,63)(H4,39,40,42)/t18-,21-,22-,23-,24-,25-,26-/m0/s1. The third kappa shape index (κ3) is 19.5. The summed E-state index contributed by atoms with van der Waals surface area (Å²) in [5, 5.41) is 61.0. The number of carboxylic acid groups (broad SMARTS) is 4. The van der Waals surface area contributed by atoms with E-state index in [0.717, 1.165) is 0 Å². The van der Waals surface area contributed by atoms with Crippen LogP contribution < -0.4 is 48.7 Å². The lowest BCUT2D eigenvalue weighted by molar-refractivity contribution is -0.147. The molecule has 0 saturated carbocycles. The monoisotopic (exact) mass is 888 g/mol. The first-order valence-corrected chi connectivity index (χ1v) is 19.2. The van der Waals surface area contributed by atoms with Crippen molar-refractivity contribution >= 4 is 65.3 Å². The van der Waals surface area contributed by atoms with Crippen molar-refractivity contribution in [3.05, 3.63) is 54.1 Å². The highest BCUT2D eigenvalue weighted by Gasteiger charge is 2.34. The molecule has 2 rings (SSSR count). The number of imidazole rings is 1. The second-order valence-corrected chi connectivity index (χ2v) is 14.0. The lowest BCUT2D eigenvalue weighted by Crippen LogP contribution is -2.60. The van der Waals surface area contributed by atoms with Crippen LogP contribution in [0, 0.1) is 5.41 Å². The maximum atomic E-state index is 14.1. The van der Waals surface area contributed by atoms with E-state index in [-0.39, 0.29) is 37.9 Å². The predicted molar refractivity (Wildman–Crippen MR) is 216 cm³/mol. The van der Waals surface area contributed by atoms with Crippen LogP contribution in [-0.4, -0.2) is 145 Å². The van der Waals surface area contributed by atoms with Crippen molar-refractivity contribution in [2.75, 3.05) is 6.54 Å². The Morgan fingerprint density at radius 2 is 1.19 bits per heavy atom. The summed E-state index contributed by atoms with van der Waals surface area (Å²) in [7, 11) is 0. The van der Waals surface area contributed by atoms with Gasteiger partial charge in [-0.2, -0.15) is 0 Å². The normalized spacial score (nSPS) is 14.1. The first-order valence-electron chi connectivity index (χ1n) is 19.2. The van der Waals surface area contributed by atoms with Gasteiger partial charge in [-0.15, -0.1) is 0 Å². The number of aromatic amines is 1. The number of amides is 6. The summed E-state index contributed by atoms with van der Waals surface area (Å²) in [4.78, 5) is 133. The van der Waals surface area contributed by atoms with Crippen molar-refractivity contribution in [2.45, 2.75) is 101 Å². The first kappa shape index (κ1) is 51.5. The molecule has 1 aromatic heterocycles. The Morgan fingerprint density at radius 1 is 0.667 bits per heavy atom. The van der Waals surface area contributed by atoms with Crippen LogP contribution in [0.4, 0.5) is 0 Å². The first-order chi connectivity index (χ1) is 29.7. The quantitative estimate of drug-likeness (QED) is 0.0218. The van der Waals surface area contributed by atoms with Gasteiger partial charge in [-0.25, -0.2) is 9.78 Å². The number of carbonyl (C=O) groups is 10. The summed E-state index contributed by atoms with van der Waals surface area (Å²) in [6.45, 7) is 1.22. The molecule has 1 heterocycles. The number of hydrogen-bond acceptors (Lipinski definition) is 13. The molecule has 0 fully saturated rings. The Balaban J connectivity index is 2.45. The van der Waals surface area contributed by atoms with Gasteiger partial charge < -0.3 is 74.1 Å². The van der Waals surface area contributed by atoms with Gasteiger partial charge in [0.2, 0.25) is 35.4 Å². The molecular weight excluding hydrogens is 836 g/mol. The molecule has 0 aliphatic heterocycles. The molecule has 0 aliphatic carbocycles. The Hall–Kier alpha value is -7.64. The minimum Gasteiger partial charge on any atom is -0.481 e. The smallest absolute Gasteiger partial charge is 0.326 e. The fraction of sp³-hybridized carbons (Fsp3) is 0.459. The van der Waals surface area contributed by atoms with Crippen LogP contribution in [0.1, 0.15) is 56.7 Å². The second kappa shape index (κ2) is 25.9. The minimum absolute atomic E-state index is 0.0289. The molecule has 0 spiro atoms. The number of nitrogens with two attached hydrogens (primary N) is 2. The van der Waals surface area contributed by atoms with Gasteiger partial charge in [0.05, 0.1) is 30.9 Å². The number of nitrogens with one attached hydrogen (secondary N) is 9. The van der Waals surface area contributed by atoms with Crippen LogP contribution in [-0.2, 0) is 60.8 Å². The van der Waals surface area contributed by atoms with Crippen molar-refractivity contribution < 1.29 is 68.4 Å². The van der Waals surface area contributed by atoms with Crippen molar-refractivity contribution in [1.82, 2.24) is 47.2 Å². The van der Waals surface area contributed by atoms with E-state index >= 15 is 0 Å². The Kier molecular flexibility index (Phi) is 21.1. The Bertz CT molecular complexity index is 1950. The SMILES string of the molecule is C[C@H](NC(=O)[C@@H](N)CC(=O)O)C(=O)N[C@@H](CCC(=O)O)C(=O)N[C@@H](Cc1ccccc1)C(=O)N[C@@H](CCCNC(=N)N)C(=O)N[C@@H](Cc1c[nH]cn1)C(=O)N[C@@H](CC(=O)O)C(=O)O. The molecule has 0 radical (unpaired) electrons. The van der Waals surface area contributed by atoms with Crippen molar-refractivity contribution in [3.8, 4) is 0 Å². The topological polar surface area (TPSA) is 440 Å². The molecule has 2 aromatic rings. The number of rotatable bonds is 28. The zero-order valence-electron chi connectivity index (χ0n) is 33.9. The predicted octanol–water partition coefficient (Wildman–Crippen LogP) is -4.39. The summed E-state index contributed by atoms with van der Waals surface area (Å²) in [6, 6.07) is -2.89. The van der Waals surface area contributed by atoms with Gasteiger partial charge in [-0.05, 0) is 31.7 Å². The van der Waals surface area contributed by atoms with Gasteiger partial charge in [-0.3, -0.25) is 48.6 Å². The molecule has 7 atom stereocenters. The number of H-pyrrole nitrogens is 1. The highest BCUT2D eigenvalue weighted by Crippen LogP contribution is 2.09. The van der Waals surface area contributed by atoms with Crippen molar-refractivity contribution in [2.24, 2.45) is 11.5 Å². The Labute approximate surface area is 358 Å². The number of carboxylic acids is 4. The van der Waals surface area contributed by atoms with E-state index in [1.807, 2.05) is 0 Å². The molecule has 6 amide bonds. The van der Waals surface area contributed by atoms with Gasteiger partial charge in [0.15, 0.2) is 5.96 Å². The number of benzene rings is 1. The second-order valence-electron chi connectivity index (χ2n) is 14.0. The lowest BCUT2D eigenvalue weighted by Gasteiger charge is -2.27. The van der Waals surface area contributed by atoms with Gasteiger partial charge in [0.1, 0.15) is 36.3 Å². The van der Waals surface area contributed by atoms with Crippen molar-refractivity contribution in [1.29, 1.82) is 5.41 Å². The fourth-order valence-electron chi connectivity index (χ4n) is 5.64. The summed E-state index contributed by atoms with van der Waals surface area (Å²) in [5.41, 5.74) is 11.6. The van der Waals surface area contributed by atoms with Crippen LogP contribution >= 0.6 is 0 Å². The van der Waals surface area contributed by atoms with E-state index < -0.39 is 133 Å². The van der Waals surface area contributed by atoms with Crippen LogP contribution in [0.2, 0.25) is 0 Å². The van der Waals surface area contributed by atoms with E-state index in [9.17, 15) is 58.2 Å². The molecule has 344 valence electrons. The summed E-state index contributed by atoms with van der Waals surface area (Å²) in [5.74, 6) is -12.5. The van der Waals surface area contributed by atoms with Crippen LogP contribution in [0.15, 0.2) is 42.9 Å². The summed E-state index contributed by atoms with van der Waals surface area (Å²) >= 11 is 0. The average Bonchev–Trinajstić information content (AvgIpc) is 3.72. The zero-order valence-corrected chi connectivity index (χ0v) is 33.9. The van der Waals surface area contributed by atoms with E-state index in [1.165, 1.54) is 19.4 Å². The molecule has 17 N–H and O–H groups in total. The summed E-state index contributed by atoms with van der Waals surface area (Å²) in [6.07, 6.45) is -0.938. The number of carbonyl (C=O) groups excluding carboxylic acids is 6. The molecule has 0 aliphatic rings.